The first kappa shape index (κ1) is 15.7. The first-order valence-electron chi connectivity index (χ1n) is 6.67. The molecule has 0 saturated heterocycles. The average Bonchev–Trinajstić information content (AvgIpc) is 2.90. The van der Waals surface area contributed by atoms with E-state index in [0.717, 1.165) is 5.56 Å². The van der Waals surface area contributed by atoms with Gasteiger partial charge in [-0.25, -0.2) is 18.1 Å². The van der Waals surface area contributed by atoms with Gasteiger partial charge in [0.25, 0.3) is 0 Å². The number of benzene rings is 1. The molecule has 0 aliphatic heterocycles. The minimum atomic E-state index is -3.53. The third-order valence-corrected chi connectivity index (χ3v) is 4.88. The van der Waals surface area contributed by atoms with E-state index >= 15 is 0 Å². The zero-order valence-corrected chi connectivity index (χ0v) is 13.2. The molecular weight excluding hydrogens is 288 g/mol. The van der Waals surface area contributed by atoms with Crippen LogP contribution in [0.5, 0.6) is 0 Å². The molecule has 1 aromatic heterocycles. The normalized spacial score (nSPS) is 13.3. The molecule has 0 amide bonds. The van der Waals surface area contributed by atoms with Crippen molar-refractivity contribution < 1.29 is 8.42 Å². The number of imidazole rings is 1. The topological polar surface area (TPSA) is 76.0 Å². The first-order valence-corrected chi connectivity index (χ1v) is 8.15. The fraction of sp³-hybridized carbons (Fsp3) is 0.357. The van der Waals surface area contributed by atoms with Crippen molar-refractivity contribution in [2.45, 2.75) is 24.4 Å². The van der Waals surface area contributed by atoms with Crippen LogP contribution in [0.2, 0.25) is 0 Å². The van der Waals surface area contributed by atoms with Crippen molar-refractivity contribution in [3.05, 3.63) is 48.0 Å². The van der Waals surface area contributed by atoms with Crippen molar-refractivity contribution in [1.29, 1.82) is 0 Å². The van der Waals surface area contributed by atoms with Gasteiger partial charge in [0, 0.05) is 25.5 Å². The predicted molar refractivity (Wildman–Crippen MR) is 81.2 cm³/mol. The molecule has 2 N–H and O–H groups in total. The monoisotopic (exact) mass is 308 g/mol. The van der Waals surface area contributed by atoms with Crippen molar-refractivity contribution in [2.24, 2.45) is 7.05 Å². The highest BCUT2D eigenvalue weighted by molar-refractivity contribution is 7.89. The SMILES string of the molecule is CNC(C)c1ccc(S(=O)(=O)NCc2nccn2C)cc1. The van der Waals surface area contributed by atoms with Crippen molar-refractivity contribution in [1.82, 2.24) is 19.6 Å². The van der Waals surface area contributed by atoms with Crippen molar-refractivity contribution in [3.63, 3.8) is 0 Å². The molecule has 0 saturated carbocycles. The summed E-state index contributed by atoms with van der Waals surface area (Å²) in [5.41, 5.74) is 1.04. The Bertz CT molecular complexity index is 692. The van der Waals surface area contributed by atoms with E-state index in [4.69, 9.17) is 0 Å². The Morgan fingerprint density at radius 2 is 1.95 bits per heavy atom. The van der Waals surface area contributed by atoms with Crippen LogP contribution < -0.4 is 10.0 Å². The molecule has 0 radical (unpaired) electrons. The summed E-state index contributed by atoms with van der Waals surface area (Å²) in [5.74, 6) is 0.666. The van der Waals surface area contributed by atoms with Crippen LogP contribution in [0.3, 0.4) is 0 Å². The second kappa shape index (κ2) is 6.38. The predicted octanol–water partition coefficient (Wildman–Crippen LogP) is 1.18. The zero-order valence-electron chi connectivity index (χ0n) is 12.4. The third kappa shape index (κ3) is 3.69. The molecule has 0 aliphatic carbocycles. The van der Waals surface area contributed by atoms with Gasteiger partial charge in [-0.3, -0.25) is 0 Å². The van der Waals surface area contributed by atoms with Gasteiger partial charge in [0.2, 0.25) is 10.0 Å². The minimum absolute atomic E-state index is 0.167. The summed E-state index contributed by atoms with van der Waals surface area (Å²) >= 11 is 0. The standard InChI is InChI=1S/C14H20N4O2S/c1-11(15-2)12-4-6-13(7-5-12)21(19,20)17-10-14-16-8-9-18(14)3/h4-9,11,15,17H,10H2,1-3H3. The zero-order chi connectivity index (χ0) is 15.5. The number of hydrogen-bond donors (Lipinski definition) is 2. The van der Waals surface area contributed by atoms with Crippen LogP contribution in [-0.4, -0.2) is 25.0 Å². The number of sulfonamides is 1. The Hall–Kier alpha value is -1.70. The molecule has 0 fully saturated rings. The molecule has 1 heterocycles. The number of rotatable bonds is 6. The number of nitrogens with zero attached hydrogens (tertiary/aromatic N) is 2. The fourth-order valence-corrected chi connectivity index (χ4v) is 2.89. The fourth-order valence-electron chi connectivity index (χ4n) is 1.91. The Labute approximate surface area is 125 Å². The van der Waals surface area contributed by atoms with Crippen molar-refractivity contribution >= 4 is 10.0 Å². The molecule has 1 aromatic carbocycles. The summed E-state index contributed by atoms with van der Waals surface area (Å²) in [4.78, 5) is 4.34. The lowest BCUT2D eigenvalue weighted by Gasteiger charge is -2.11. The van der Waals surface area contributed by atoms with Crippen LogP contribution >= 0.6 is 0 Å². The summed E-state index contributed by atoms with van der Waals surface area (Å²) in [6.45, 7) is 2.18. The van der Waals surface area contributed by atoms with E-state index < -0.39 is 10.0 Å². The first-order chi connectivity index (χ1) is 9.94. The highest BCUT2D eigenvalue weighted by Crippen LogP contribution is 2.16. The van der Waals surface area contributed by atoms with Gasteiger partial charge in [-0.1, -0.05) is 12.1 Å². The molecule has 1 atom stereocenters. The highest BCUT2D eigenvalue weighted by Gasteiger charge is 2.15. The molecule has 2 rings (SSSR count). The van der Waals surface area contributed by atoms with E-state index in [1.807, 2.05) is 33.2 Å². The maximum Gasteiger partial charge on any atom is 0.240 e. The van der Waals surface area contributed by atoms with Crippen LogP contribution in [0.1, 0.15) is 24.4 Å². The second-order valence-corrected chi connectivity index (χ2v) is 6.63. The average molecular weight is 308 g/mol. The summed E-state index contributed by atoms with van der Waals surface area (Å²) in [5, 5.41) is 3.11. The van der Waals surface area contributed by atoms with E-state index in [-0.39, 0.29) is 17.5 Å². The molecule has 0 spiro atoms. The largest absolute Gasteiger partial charge is 0.337 e. The number of hydrogen-bond acceptors (Lipinski definition) is 4. The molecule has 0 aliphatic rings. The van der Waals surface area contributed by atoms with Crippen LogP contribution in [0, 0.1) is 0 Å². The van der Waals surface area contributed by atoms with Gasteiger partial charge in [0.05, 0.1) is 11.4 Å². The van der Waals surface area contributed by atoms with Crippen LogP contribution in [0.25, 0.3) is 0 Å². The van der Waals surface area contributed by atoms with Gasteiger partial charge >= 0.3 is 0 Å². The summed E-state index contributed by atoms with van der Waals surface area (Å²) < 4.78 is 28.8. The molecular formula is C14H20N4O2S. The van der Waals surface area contributed by atoms with Gasteiger partial charge in [0.1, 0.15) is 5.82 Å². The Kier molecular flexibility index (Phi) is 4.76. The molecule has 7 heteroatoms. The van der Waals surface area contributed by atoms with Crippen LogP contribution in [0.4, 0.5) is 0 Å². The van der Waals surface area contributed by atoms with Gasteiger partial charge in [-0.05, 0) is 31.7 Å². The van der Waals surface area contributed by atoms with E-state index in [0.29, 0.717) is 5.82 Å². The van der Waals surface area contributed by atoms with E-state index in [1.54, 1.807) is 29.1 Å². The summed E-state index contributed by atoms with van der Waals surface area (Å²) in [6.07, 6.45) is 3.41. The molecule has 21 heavy (non-hydrogen) atoms. The Morgan fingerprint density at radius 1 is 1.29 bits per heavy atom. The van der Waals surface area contributed by atoms with Crippen molar-refractivity contribution in [3.8, 4) is 0 Å². The quantitative estimate of drug-likeness (QED) is 0.840. The summed E-state index contributed by atoms with van der Waals surface area (Å²) in [6, 6.07) is 7.04. The van der Waals surface area contributed by atoms with Gasteiger partial charge in [-0.15, -0.1) is 0 Å². The minimum Gasteiger partial charge on any atom is -0.337 e. The van der Waals surface area contributed by atoms with Crippen LogP contribution in [-0.2, 0) is 23.6 Å². The van der Waals surface area contributed by atoms with E-state index in [2.05, 4.69) is 15.0 Å². The Morgan fingerprint density at radius 3 is 2.48 bits per heavy atom. The molecule has 0 bridgehead atoms. The van der Waals surface area contributed by atoms with E-state index in [1.165, 1.54) is 0 Å². The molecule has 6 nitrogen and oxygen atoms in total. The maximum absolute atomic E-state index is 12.2. The highest BCUT2D eigenvalue weighted by atomic mass is 32.2. The molecule has 114 valence electrons. The lowest BCUT2D eigenvalue weighted by Crippen LogP contribution is -2.24. The maximum atomic E-state index is 12.2. The van der Waals surface area contributed by atoms with Gasteiger partial charge < -0.3 is 9.88 Å². The number of nitrogens with one attached hydrogen (secondary N) is 2. The molecule has 1 unspecified atom stereocenters. The number of aryl methyl sites for hydroxylation is 1. The Balaban J connectivity index is 2.10. The third-order valence-electron chi connectivity index (χ3n) is 3.46. The molecule has 2 aromatic rings. The number of aromatic nitrogens is 2. The lowest BCUT2D eigenvalue weighted by molar-refractivity contribution is 0.577. The summed E-state index contributed by atoms with van der Waals surface area (Å²) in [7, 11) is 0.163. The lowest BCUT2D eigenvalue weighted by atomic mass is 10.1. The van der Waals surface area contributed by atoms with Crippen LogP contribution in [0.15, 0.2) is 41.6 Å². The van der Waals surface area contributed by atoms with Gasteiger partial charge in [0.15, 0.2) is 0 Å². The van der Waals surface area contributed by atoms with Gasteiger partial charge in [-0.2, -0.15) is 0 Å². The van der Waals surface area contributed by atoms with E-state index in [9.17, 15) is 8.42 Å². The van der Waals surface area contributed by atoms with Crippen molar-refractivity contribution in [2.75, 3.05) is 7.05 Å². The second-order valence-electron chi connectivity index (χ2n) is 4.86. The smallest absolute Gasteiger partial charge is 0.240 e.